The van der Waals surface area contributed by atoms with Crippen LogP contribution in [0.3, 0.4) is 0 Å². The standard InChI is InChI=1S/C20H15F3N2O2/c21-20(22,23)18-10-9-17(13-24)16(12-18)8-4-5-11-25-19(26)27-14-15-6-2-1-3-7-15/h1-3,6-7,9-10,12H,5,11,14H2,(H,25,26). The van der Waals surface area contributed by atoms with Crippen molar-refractivity contribution in [3.8, 4) is 17.9 Å². The van der Waals surface area contributed by atoms with Gasteiger partial charge in [-0.05, 0) is 23.8 Å². The summed E-state index contributed by atoms with van der Waals surface area (Å²) in [5, 5.41) is 11.5. The molecule has 0 bridgehead atoms. The minimum absolute atomic E-state index is 0.000945. The number of carbonyl (C=O) groups excluding carboxylic acids is 1. The summed E-state index contributed by atoms with van der Waals surface area (Å²) < 4.78 is 43.2. The molecule has 0 radical (unpaired) electrons. The largest absolute Gasteiger partial charge is 0.445 e. The molecule has 1 amide bonds. The van der Waals surface area contributed by atoms with Gasteiger partial charge >= 0.3 is 12.3 Å². The molecule has 0 saturated carbocycles. The van der Waals surface area contributed by atoms with Gasteiger partial charge in [0.1, 0.15) is 12.7 Å². The van der Waals surface area contributed by atoms with E-state index in [1.165, 1.54) is 0 Å². The Morgan fingerprint density at radius 3 is 2.52 bits per heavy atom. The number of alkyl carbamates (subject to hydrolysis) is 1. The molecule has 2 aromatic rings. The molecule has 2 rings (SSSR count). The molecule has 0 spiro atoms. The summed E-state index contributed by atoms with van der Waals surface area (Å²) in [6, 6.07) is 13.7. The third-order valence-electron chi connectivity index (χ3n) is 3.42. The zero-order chi connectivity index (χ0) is 19.7. The lowest BCUT2D eigenvalue weighted by Crippen LogP contribution is -2.24. The molecule has 7 heteroatoms. The molecular formula is C20H15F3N2O2. The molecule has 0 heterocycles. The molecule has 138 valence electrons. The van der Waals surface area contributed by atoms with Gasteiger partial charge in [-0.15, -0.1) is 0 Å². The fraction of sp³-hybridized carbons (Fsp3) is 0.200. The Labute approximate surface area is 154 Å². The molecule has 0 aliphatic heterocycles. The molecule has 27 heavy (non-hydrogen) atoms. The second-order valence-electron chi connectivity index (χ2n) is 5.41. The minimum Gasteiger partial charge on any atom is -0.445 e. The van der Waals surface area contributed by atoms with E-state index in [0.717, 1.165) is 23.8 Å². The highest BCUT2D eigenvalue weighted by Crippen LogP contribution is 2.30. The molecule has 1 N–H and O–H groups in total. The summed E-state index contributed by atoms with van der Waals surface area (Å²) in [6.07, 6.45) is -4.92. The molecule has 2 aromatic carbocycles. The number of nitriles is 1. The van der Waals surface area contributed by atoms with Gasteiger partial charge in [0, 0.05) is 18.5 Å². The van der Waals surface area contributed by atoms with Gasteiger partial charge in [0.25, 0.3) is 0 Å². The molecule has 0 atom stereocenters. The van der Waals surface area contributed by atoms with Gasteiger partial charge in [-0.2, -0.15) is 18.4 Å². The Balaban J connectivity index is 1.85. The number of ether oxygens (including phenoxy) is 1. The van der Waals surface area contributed by atoms with Gasteiger partial charge in [-0.3, -0.25) is 0 Å². The van der Waals surface area contributed by atoms with Crippen LogP contribution in [0.2, 0.25) is 0 Å². The maximum absolute atomic E-state index is 12.7. The fourth-order valence-electron chi connectivity index (χ4n) is 2.08. The monoisotopic (exact) mass is 372 g/mol. The molecule has 0 aromatic heterocycles. The van der Waals surface area contributed by atoms with E-state index in [1.807, 2.05) is 30.3 Å². The molecule has 0 saturated heterocycles. The number of nitrogens with one attached hydrogen (secondary N) is 1. The quantitative estimate of drug-likeness (QED) is 0.645. The van der Waals surface area contributed by atoms with Crippen LogP contribution in [0.25, 0.3) is 0 Å². The van der Waals surface area contributed by atoms with E-state index < -0.39 is 17.8 Å². The number of carbonyl (C=O) groups is 1. The topological polar surface area (TPSA) is 62.1 Å². The number of halogens is 3. The maximum Gasteiger partial charge on any atom is 0.416 e. The first-order chi connectivity index (χ1) is 12.9. The van der Waals surface area contributed by atoms with Crippen LogP contribution >= 0.6 is 0 Å². The van der Waals surface area contributed by atoms with Crippen LogP contribution in [0.4, 0.5) is 18.0 Å². The number of nitrogens with zero attached hydrogens (tertiary/aromatic N) is 1. The van der Waals surface area contributed by atoms with Crippen LogP contribution in [0.15, 0.2) is 48.5 Å². The third kappa shape index (κ3) is 6.41. The molecule has 4 nitrogen and oxygen atoms in total. The Kier molecular flexibility index (Phi) is 6.85. The molecular weight excluding hydrogens is 357 g/mol. The summed E-state index contributed by atoms with van der Waals surface area (Å²) in [5.41, 5.74) is 0.0409. The second kappa shape index (κ2) is 9.30. The highest BCUT2D eigenvalue weighted by molar-refractivity contribution is 5.67. The Morgan fingerprint density at radius 2 is 1.85 bits per heavy atom. The van der Waals surface area contributed by atoms with E-state index >= 15 is 0 Å². The van der Waals surface area contributed by atoms with Gasteiger partial charge in [-0.25, -0.2) is 4.79 Å². The Hall–Kier alpha value is -3.45. The lowest BCUT2D eigenvalue weighted by atomic mass is 10.0. The number of hydrogen-bond acceptors (Lipinski definition) is 3. The average Bonchev–Trinajstić information content (AvgIpc) is 2.66. The summed E-state index contributed by atoms with van der Waals surface area (Å²) in [5.74, 6) is 5.19. The van der Waals surface area contributed by atoms with Crippen molar-refractivity contribution >= 4 is 6.09 Å². The van der Waals surface area contributed by atoms with Crippen molar-refractivity contribution in [2.24, 2.45) is 0 Å². The van der Waals surface area contributed by atoms with E-state index in [1.54, 1.807) is 6.07 Å². The lowest BCUT2D eigenvalue weighted by molar-refractivity contribution is -0.137. The summed E-state index contributed by atoms with van der Waals surface area (Å²) in [7, 11) is 0. The average molecular weight is 372 g/mol. The number of rotatable bonds is 4. The van der Waals surface area contributed by atoms with E-state index in [0.29, 0.717) is 0 Å². The SMILES string of the molecule is N#Cc1ccc(C(F)(F)F)cc1C#CCCNC(=O)OCc1ccccc1. The first-order valence-corrected chi connectivity index (χ1v) is 7.95. The second-order valence-corrected chi connectivity index (χ2v) is 5.41. The minimum atomic E-state index is -4.51. The maximum atomic E-state index is 12.7. The highest BCUT2D eigenvalue weighted by Gasteiger charge is 2.30. The summed E-state index contributed by atoms with van der Waals surface area (Å²) >= 11 is 0. The number of hydrogen-bond donors (Lipinski definition) is 1. The van der Waals surface area contributed by atoms with Crippen molar-refractivity contribution in [2.45, 2.75) is 19.2 Å². The highest BCUT2D eigenvalue weighted by atomic mass is 19.4. The molecule has 0 aliphatic carbocycles. The Morgan fingerprint density at radius 1 is 1.11 bits per heavy atom. The van der Waals surface area contributed by atoms with Crippen molar-refractivity contribution in [1.82, 2.24) is 5.32 Å². The normalized spacial score (nSPS) is 10.3. The third-order valence-corrected chi connectivity index (χ3v) is 3.42. The predicted molar refractivity (Wildman–Crippen MR) is 92.3 cm³/mol. The van der Waals surface area contributed by atoms with Crippen molar-refractivity contribution in [3.05, 3.63) is 70.8 Å². The summed E-state index contributed by atoms with van der Waals surface area (Å²) in [4.78, 5) is 11.6. The lowest BCUT2D eigenvalue weighted by Gasteiger charge is -2.07. The van der Waals surface area contributed by atoms with Crippen LogP contribution in [0, 0.1) is 23.2 Å². The van der Waals surface area contributed by atoms with Gasteiger partial charge in [0.2, 0.25) is 0 Å². The van der Waals surface area contributed by atoms with Crippen molar-refractivity contribution in [1.29, 1.82) is 5.26 Å². The number of benzene rings is 2. The fourth-order valence-corrected chi connectivity index (χ4v) is 2.08. The van der Waals surface area contributed by atoms with Crippen molar-refractivity contribution in [3.63, 3.8) is 0 Å². The zero-order valence-electron chi connectivity index (χ0n) is 14.1. The van der Waals surface area contributed by atoms with Crippen LogP contribution in [-0.4, -0.2) is 12.6 Å². The Bertz CT molecular complexity index is 891. The van der Waals surface area contributed by atoms with Crippen LogP contribution in [-0.2, 0) is 17.5 Å². The van der Waals surface area contributed by atoms with Crippen molar-refractivity contribution < 1.29 is 22.7 Å². The summed E-state index contributed by atoms with van der Waals surface area (Å²) in [6.45, 7) is 0.301. The first-order valence-electron chi connectivity index (χ1n) is 7.95. The number of alkyl halides is 3. The number of amides is 1. The van der Waals surface area contributed by atoms with Gasteiger partial charge in [0.05, 0.1) is 11.1 Å². The van der Waals surface area contributed by atoms with Crippen molar-refractivity contribution in [2.75, 3.05) is 6.54 Å². The van der Waals surface area contributed by atoms with E-state index in [4.69, 9.17) is 10.00 Å². The van der Waals surface area contributed by atoms with Gasteiger partial charge in [0.15, 0.2) is 0 Å². The van der Waals surface area contributed by atoms with Crippen LogP contribution < -0.4 is 5.32 Å². The van der Waals surface area contributed by atoms with E-state index in [9.17, 15) is 18.0 Å². The van der Waals surface area contributed by atoms with E-state index in [2.05, 4.69) is 17.2 Å². The van der Waals surface area contributed by atoms with Crippen LogP contribution in [0.1, 0.15) is 28.7 Å². The predicted octanol–water partition coefficient (Wildman–Crippen LogP) is 4.25. The first kappa shape index (κ1) is 19.9. The van der Waals surface area contributed by atoms with Gasteiger partial charge in [-0.1, -0.05) is 42.2 Å². The zero-order valence-corrected chi connectivity index (χ0v) is 14.1. The smallest absolute Gasteiger partial charge is 0.416 e. The molecule has 0 aliphatic rings. The molecule has 0 fully saturated rings. The van der Waals surface area contributed by atoms with E-state index in [-0.39, 0.29) is 30.7 Å². The van der Waals surface area contributed by atoms with Crippen LogP contribution in [0.5, 0.6) is 0 Å². The van der Waals surface area contributed by atoms with Gasteiger partial charge < -0.3 is 10.1 Å². The molecule has 0 unspecified atom stereocenters.